The molecule has 3 heterocycles. The molecule has 9 heteroatoms. The minimum Gasteiger partial charge on any atom is -0.486 e. The number of fused-ring (bicyclic) bond motifs is 2. The number of Topliss-reactive ketones (excluding diaryl/α,β-unsaturated/α-hetero) is 1. The summed E-state index contributed by atoms with van der Waals surface area (Å²) in [5, 5.41) is 15.2. The van der Waals surface area contributed by atoms with Crippen molar-refractivity contribution < 1.29 is 28.6 Å². The zero-order valence-corrected chi connectivity index (χ0v) is 24.4. The van der Waals surface area contributed by atoms with Gasteiger partial charge in [-0.2, -0.15) is 0 Å². The molecule has 0 saturated carbocycles. The molecule has 1 amide bonds. The first-order chi connectivity index (χ1) is 20.8. The number of hydrogen-bond acceptors (Lipinski definition) is 6. The van der Waals surface area contributed by atoms with E-state index in [9.17, 15) is 19.1 Å². The first-order valence-corrected chi connectivity index (χ1v) is 14.8. The number of aliphatic hydroxyl groups is 1. The molecule has 3 aromatic carbocycles. The number of aromatic nitrogens is 1. The lowest BCUT2D eigenvalue weighted by atomic mass is 9.99. The Morgan fingerprint density at radius 2 is 1.67 bits per heavy atom. The fraction of sp³-hybridized carbons (Fsp3) is 0.353. The van der Waals surface area contributed by atoms with Crippen molar-refractivity contribution in [3.8, 4) is 22.6 Å². The monoisotopic (exact) mass is 585 g/mol. The smallest absolute Gasteiger partial charge is 0.292 e. The lowest BCUT2D eigenvalue weighted by Gasteiger charge is -2.29. The molecule has 1 aromatic heterocycles. The van der Waals surface area contributed by atoms with Crippen LogP contribution in [0.2, 0.25) is 0 Å². The Hall–Kier alpha value is -4.21. The van der Waals surface area contributed by atoms with Gasteiger partial charge in [-0.25, -0.2) is 4.39 Å². The van der Waals surface area contributed by atoms with Gasteiger partial charge in [-0.05, 0) is 86.8 Å². The van der Waals surface area contributed by atoms with Crippen LogP contribution in [0.3, 0.4) is 0 Å². The largest absolute Gasteiger partial charge is 0.486 e. The van der Waals surface area contributed by atoms with E-state index >= 15 is 0 Å². The summed E-state index contributed by atoms with van der Waals surface area (Å²) >= 11 is 0. The van der Waals surface area contributed by atoms with E-state index in [0.29, 0.717) is 12.6 Å². The second kappa shape index (κ2) is 12.2. The topological polar surface area (TPSA) is 93.0 Å². The van der Waals surface area contributed by atoms with E-state index in [0.717, 1.165) is 48.0 Å². The zero-order valence-electron chi connectivity index (χ0n) is 24.4. The summed E-state index contributed by atoms with van der Waals surface area (Å²) in [4.78, 5) is 28.5. The van der Waals surface area contributed by atoms with Crippen molar-refractivity contribution in [1.29, 1.82) is 0 Å². The second-order valence-corrected chi connectivity index (χ2v) is 11.6. The van der Waals surface area contributed by atoms with Crippen LogP contribution >= 0.6 is 0 Å². The van der Waals surface area contributed by atoms with E-state index < -0.39 is 29.7 Å². The van der Waals surface area contributed by atoms with Gasteiger partial charge >= 0.3 is 0 Å². The minimum atomic E-state index is -1.27. The third-order valence-electron chi connectivity index (χ3n) is 8.28. The number of ether oxygens (including phenoxy) is 2. The van der Waals surface area contributed by atoms with Gasteiger partial charge in [-0.3, -0.25) is 9.59 Å². The van der Waals surface area contributed by atoms with E-state index in [1.54, 1.807) is 12.1 Å². The first kappa shape index (κ1) is 28.9. The van der Waals surface area contributed by atoms with Crippen molar-refractivity contribution in [3.05, 3.63) is 83.8 Å². The number of rotatable bonds is 9. The fourth-order valence-electron chi connectivity index (χ4n) is 5.97. The molecule has 0 unspecified atom stereocenters. The molecule has 2 atom stereocenters. The van der Waals surface area contributed by atoms with Crippen LogP contribution in [0.1, 0.15) is 54.8 Å². The fourth-order valence-corrected chi connectivity index (χ4v) is 5.97. The van der Waals surface area contributed by atoms with Crippen LogP contribution in [-0.2, 0) is 4.79 Å². The number of nitrogens with zero attached hydrogens (tertiary/aromatic N) is 2. The van der Waals surface area contributed by atoms with E-state index in [-0.39, 0.29) is 35.8 Å². The van der Waals surface area contributed by atoms with Crippen molar-refractivity contribution in [1.82, 2.24) is 14.8 Å². The molecule has 6 rings (SSSR count). The summed E-state index contributed by atoms with van der Waals surface area (Å²) < 4.78 is 27.9. The summed E-state index contributed by atoms with van der Waals surface area (Å²) in [6.07, 6.45) is 2.83. The van der Waals surface area contributed by atoms with Gasteiger partial charge in [-0.1, -0.05) is 30.3 Å². The van der Waals surface area contributed by atoms with Crippen molar-refractivity contribution >= 4 is 22.6 Å². The van der Waals surface area contributed by atoms with Gasteiger partial charge in [0.25, 0.3) is 5.91 Å². The molecular weight excluding hydrogens is 549 g/mol. The van der Waals surface area contributed by atoms with Crippen molar-refractivity contribution in [2.75, 3.05) is 32.8 Å². The Balaban J connectivity index is 1.19. The number of aliphatic hydroxyl groups excluding tert-OH is 1. The molecule has 0 aliphatic carbocycles. The van der Waals surface area contributed by atoms with Crippen LogP contribution < -0.4 is 14.8 Å². The molecular formula is C34H36FN3O5. The van der Waals surface area contributed by atoms with Crippen LogP contribution in [0.25, 0.3) is 22.0 Å². The molecule has 1 saturated heterocycles. The van der Waals surface area contributed by atoms with Gasteiger partial charge in [0.2, 0.25) is 5.78 Å². The number of likely N-dealkylation sites (tertiary alicyclic amines) is 1. The van der Waals surface area contributed by atoms with E-state index in [1.807, 2.05) is 12.1 Å². The summed E-state index contributed by atoms with van der Waals surface area (Å²) in [6.45, 7) is 6.75. The highest BCUT2D eigenvalue weighted by Gasteiger charge is 2.31. The summed E-state index contributed by atoms with van der Waals surface area (Å²) in [5.41, 5.74) is 3.58. The number of nitrogens with one attached hydrogen (secondary N) is 1. The number of carbonyl (C=O) groups is 2. The number of carbonyl (C=O) groups excluding carboxylic acids is 2. The third kappa shape index (κ3) is 6.00. The Morgan fingerprint density at radius 3 is 2.42 bits per heavy atom. The summed E-state index contributed by atoms with van der Waals surface area (Å²) in [7, 11) is 0. The van der Waals surface area contributed by atoms with Crippen LogP contribution in [0, 0.1) is 5.82 Å². The average molecular weight is 586 g/mol. The molecule has 0 radical (unpaired) electrons. The third-order valence-corrected chi connectivity index (χ3v) is 8.28. The van der Waals surface area contributed by atoms with Gasteiger partial charge in [-0.15, -0.1) is 0 Å². The highest BCUT2D eigenvalue weighted by atomic mass is 19.1. The van der Waals surface area contributed by atoms with E-state index in [2.05, 4.69) is 59.1 Å². The molecule has 1 fully saturated rings. The maximum atomic E-state index is 14.8. The van der Waals surface area contributed by atoms with Crippen LogP contribution in [0.15, 0.2) is 66.9 Å². The number of benzene rings is 3. The highest BCUT2D eigenvalue weighted by molar-refractivity contribution is 6.42. The van der Waals surface area contributed by atoms with Gasteiger partial charge in [0.1, 0.15) is 19.3 Å². The maximum Gasteiger partial charge on any atom is 0.292 e. The number of ketones is 1. The maximum absolute atomic E-state index is 14.8. The van der Waals surface area contributed by atoms with Crippen molar-refractivity contribution in [3.63, 3.8) is 0 Å². The Morgan fingerprint density at radius 1 is 0.953 bits per heavy atom. The lowest BCUT2D eigenvalue weighted by molar-refractivity contribution is -0.118. The highest BCUT2D eigenvalue weighted by Crippen LogP contribution is 2.36. The molecule has 0 spiro atoms. The minimum absolute atomic E-state index is 0.00911. The molecule has 4 aromatic rings. The quantitative estimate of drug-likeness (QED) is 0.205. The van der Waals surface area contributed by atoms with Gasteiger partial charge in [0.15, 0.2) is 17.3 Å². The number of hydrogen-bond donors (Lipinski definition) is 2. The Labute approximate surface area is 250 Å². The number of amides is 1. The molecule has 0 bridgehead atoms. The van der Waals surface area contributed by atoms with Crippen molar-refractivity contribution in [2.24, 2.45) is 0 Å². The average Bonchev–Trinajstić information content (AvgIpc) is 3.70. The predicted molar refractivity (Wildman–Crippen MR) is 162 cm³/mol. The van der Waals surface area contributed by atoms with Crippen LogP contribution in [0.5, 0.6) is 11.5 Å². The second-order valence-electron chi connectivity index (χ2n) is 11.6. The zero-order chi connectivity index (χ0) is 30.1. The first-order valence-electron chi connectivity index (χ1n) is 14.8. The summed E-state index contributed by atoms with van der Waals surface area (Å²) in [5.74, 6) is -1.96. The molecule has 2 aliphatic heterocycles. The predicted octanol–water partition coefficient (Wildman–Crippen LogP) is 5.30. The van der Waals surface area contributed by atoms with E-state index in [1.165, 1.54) is 12.1 Å². The molecule has 224 valence electrons. The van der Waals surface area contributed by atoms with Gasteiger partial charge in [0.05, 0.1) is 6.04 Å². The van der Waals surface area contributed by atoms with Crippen LogP contribution in [-0.4, -0.2) is 65.2 Å². The SMILES string of the molecule is CC(C)n1ccc2cc(-c3ccc(C(=O)C(=O)N[C@H](CN4CCCC4)[C@H](O)c4cc(F)c5c(c4)OCCO5)cc3)ccc21. The summed E-state index contributed by atoms with van der Waals surface area (Å²) in [6, 6.07) is 17.5. The Bertz CT molecular complexity index is 1640. The molecule has 43 heavy (non-hydrogen) atoms. The van der Waals surface area contributed by atoms with E-state index in [4.69, 9.17) is 9.47 Å². The molecule has 2 aliphatic rings. The lowest BCUT2D eigenvalue weighted by Crippen LogP contribution is -2.48. The van der Waals surface area contributed by atoms with Crippen molar-refractivity contribution in [2.45, 2.75) is 44.9 Å². The number of halogens is 1. The normalized spacial score (nSPS) is 16.4. The van der Waals surface area contributed by atoms with Gasteiger partial charge in [0, 0.05) is 35.2 Å². The van der Waals surface area contributed by atoms with Crippen LogP contribution in [0.4, 0.5) is 4.39 Å². The molecule has 2 N–H and O–H groups in total. The van der Waals surface area contributed by atoms with Gasteiger partial charge < -0.3 is 29.4 Å². The standard InChI is InChI=1S/C34H36FN3O5/c1-21(2)38-14-11-25-17-24(9-10-29(25)38)22-5-7-23(8-6-22)32(40)34(41)36-28(20-37-12-3-4-13-37)31(39)26-18-27(35)33-30(19-26)42-15-16-43-33/h5-11,14,17-19,21,28,31,39H,3-4,12-13,15-16,20H2,1-2H3,(H,36,41)/t28-,31-/m1/s1. The Kier molecular flexibility index (Phi) is 8.19. The molecule has 8 nitrogen and oxygen atoms in total.